The zero-order chi connectivity index (χ0) is 15.6. The van der Waals surface area contributed by atoms with E-state index in [1.165, 1.54) is 36.8 Å². The molecule has 0 fully saturated rings. The highest BCUT2D eigenvalue weighted by atomic mass is 16.4. The molecule has 0 spiro atoms. The number of benzene rings is 1. The van der Waals surface area contributed by atoms with Crippen molar-refractivity contribution < 1.29 is 9.90 Å². The monoisotopic (exact) mass is 299 g/mol. The highest BCUT2D eigenvalue weighted by Crippen LogP contribution is 2.14. The van der Waals surface area contributed by atoms with Gasteiger partial charge in [-0.1, -0.05) is 56.4 Å². The van der Waals surface area contributed by atoms with Gasteiger partial charge in [0, 0.05) is 17.5 Å². The molecule has 1 heterocycles. The number of unbranched alkanes of at least 4 members (excludes halogenated alkanes) is 6. The van der Waals surface area contributed by atoms with E-state index in [9.17, 15) is 4.79 Å². The Balaban J connectivity index is 1.57. The van der Waals surface area contributed by atoms with Crippen LogP contribution in [0, 0.1) is 0 Å². The summed E-state index contributed by atoms with van der Waals surface area (Å²) in [5.74, 6) is -0.678. The Morgan fingerprint density at radius 1 is 0.864 bits per heavy atom. The molecular formula is C19H25NO2. The summed E-state index contributed by atoms with van der Waals surface area (Å²) in [7, 11) is 0. The largest absolute Gasteiger partial charge is 0.481 e. The Kier molecular flexibility index (Phi) is 6.88. The van der Waals surface area contributed by atoms with Gasteiger partial charge in [0.2, 0.25) is 0 Å². The molecule has 0 saturated carbocycles. The van der Waals surface area contributed by atoms with Crippen LogP contribution in [0.3, 0.4) is 0 Å². The zero-order valence-electron chi connectivity index (χ0n) is 13.1. The maximum Gasteiger partial charge on any atom is 0.303 e. The van der Waals surface area contributed by atoms with Gasteiger partial charge in [0.05, 0.1) is 5.52 Å². The van der Waals surface area contributed by atoms with Crippen LogP contribution in [0.2, 0.25) is 0 Å². The second-order valence-electron chi connectivity index (χ2n) is 5.86. The number of pyridine rings is 1. The van der Waals surface area contributed by atoms with Crippen LogP contribution in [0.4, 0.5) is 0 Å². The first-order valence-corrected chi connectivity index (χ1v) is 8.32. The third kappa shape index (κ3) is 5.84. The van der Waals surface area contributed by atoms with E-state index in [0.29, 0.717) is 6.42 Å². The summed E-state index contributed by atoms with van der Waals surface area (Å²) >= 11 is 0. The van der Waals surface area contributed by atoms with E-state index in [4.69, 9.17) is 10.1 Å². The number of aromatic nitrogens is 1. The van der Waals surface area contributed by atoms with Gasteiger partial charge in [-0.2, -0.15) is 0 Å². The van der Waals surface area contributed by atoms with Crippen molar-refractivity contribution in [2.75, 3.05) is 0 Å². The molecule has 118 valence electrons. The molecule has 0 amide bonds. The molecule has 2 aromatic rings. The molecule has 0 aliphatic carbocycles. The van der Waals surface area contributed by atoms with Crippen molar-refractivity contribution in [3.05, 3.63) is 42.1 Å². The number of nitrogens with zero attached hydrogens (tertiary/aromatic N) is 1. The molecule has 3 heteroatoms. The van der Waals surface area contributed by atoms with Gasteiger partial charge in [0.25, 0.3) is 0 Å². The van der Waals surface area contributed by atoms with E-state index >= 15 is 0 Å². The smallest absolute Gasteiger partial charge is 0.303 e. The molecule has 0 aliphatic rings. The second kappa shape index (κ2) is 9.19. The van der Waals surface area contributed by atoms with Crippen molar-refractivity contribution in [3.8, 4) is 0 Å². The van der Waals surface area contributed by atoms with Crippen molar-refractivity contribution >= 4 is 16.9 Å². The zero-order valence-corrected chi connectivity index (χ0v) is 13.1. The number of carboxylic acids is 1. The van der Waals surface area contributed by atoms with E-state index < -0.39 is 5.97 Å². The van der Waals surface area contributed by atoms with Crippen LogP contribution in [0.1, 0.15) is 57.1 Å². The van der Waals surface area contributed by atoms with Gasteiger partial charge in [0.15, 0.2) is 0 Å². The highest BCUT2D eigenvalue weighted by Gasteiger charge is 1.99. The van der Waals surface area contributed by atoms with Crippen LogP contribution >= 0.6 is 0 Å². The fourth-order valence-corrected chi connectivity index (χ4v) is 2.71. The number of hydrogen-bond donors (Lipinski definition) is 1. The minimum Gasteiger partial charge on any atom is -0.481 e. The summed E-state index contributed by atoms with van der Waals surface area (Å²) < 4.78 is 0. The van der Waals surface area contributed by atoms with Crippen LogP contribution in [-0.4, -0.2) is 16.1 Å². The lowest BCUT2D eigenvalue weighted by atomic mass is 10.1. The van der Waals surface area contributed by atoms with E-state index in [0.717, 1.165) is 31.2 Å². The number of carboxylic acid groups (broad SMARTS) is 1. The summed E-state index contributed by atoms with van der Waals surface area (Å²) in [6.07, 6.45) is 9.23. The molecule has 1 aromatic heterocycles. The number of fused-ring (bicyclic) bond motifs is 1. The Bertz CT molecular complexity index is 595. The summed E-state index contributed by atoms with van der Waals surface area (Å²) in [4.78, 5) is 15.1. The number of para-hydroxylation sites is 1. The Labute approximate surface area is 132 Å². The lowest BCUT2D eigenvalue weighted by molar-refractivity contribution is -0.137. The summed E-state index contributed by atoms with van der Waals surface area (Å²) in [6.45, 7) is 0. The third-order valence-electron chi connectivity index (χ3n) is 3.98. The van der Waals surface area contributed by atoms with Crippen molar-refractivity contribution in [2.45, 2.75) is 57.8 Å². The summed E-state index contributed by atoms with van der Waals surface area (Å²) in [5.41, 5.74) is 2.26. The van der Waals surface area contributed by atoms with Gasteiger partial charge in [0.1, 0.15) is 0 Å². The van der Waals surface area contributed by atoms with Crippen molar-refractivity contribution in [3.63, 3.8) is 0 Å². The molecular weight excluding hydrogens is 274 g/mol. The SMILES string of the molecule is O=C(O)CCCCCCCCCc1ccc2ccccc2n1. The van der Waals surface area contributed by atoms with Gasteiger partial charge in [-0.15, -0.1) is 0 Å². The van der Waals surface area contributed by atoms with E-state index in [2.05, 4.69) is 24.3 Å². The Hall–Kier alpha value is -1.90. The predicted octanol–water partition coefficient (Wildman–Crippen LogP) is 4.98. The maximum atomic E-state index is 10.4. The normalized spacial score (nSPS) is 10.9. The average molecular weight is 299 g/mol. The van der Waals surface area contributed by atoms with Crippen molar-refractivity contribution in [1.29, 1.82) is 0 Å². The minimum absolute atomic E-state index is 0.313. The van der Waals surface area contributed by atoms with Crippen LogP contribution in [0.15, 0.2) is 36.4 Å². The first-order valence-electron chi connectivity index (χ1n) is 8.32. The molecule has 0 radical (unpaired) electrons. The number of hydrogen-bond acceptors (Lipinski definition) is 2. The Morgan fingerprint density at radius 3 is 2.32 bits per heavy atom. The molecule has 1 aromatic carbocycles. The van der Waals surface area contributed by atoms with Gasteiger partial charge in [-0.3, -0.25) is 9.78 Å². The van der Waals surface area contributed by atoms with E-state index in [1.54, 1.807) is 0 Å². The summed E-state index contributed by atoms with van der Waals surface area (Å²) in [6, 6.07) is 12.5. The van der Waals surface area contributed by atoms with Gasteiger partial charge in [-0.25, -0.2) is 0 Å². The Morgan fingerprint density at radius 2 is 1.55 bits per heavy atom. The quantitative estimate of drug-likeness (QED) is 0.629. The molecule has 0 aliphatic heterocycles. The molecule has 2 rings (SSSR count). The lowest BCUT2D eigenvalue weighted by Gasteiger charge is -2.04. The molecule has 1 N–H and O–H groups in total. The lowest BCUT2D eigenvalue weighted by Crippen LogP contribution is -1.93. The number of aryl methyl sites for hydroxylation is 1. The van der Waals surface area contributed by atoms with Crippen LogP contribution in [0.25, 0.3) is 10.9 Å². The molecule has 0 unspecified atom stereocenters. The van der Waals surface area contributed by atoms with Crippen LogP contribution in [0.5, 0.6) is 0 Å². The average Bonchev–Trinajstić information content (AvgIpc) is 2.53. The summed E-state index contributed by atoms with van der Waals surface area (Å²) in [5, 5.41) is 9.76. The number of carbonyl (C=O) groups is 1. The van der Waals surface area contributed by atoms with E-state index in [-0.39, 0.29) is 0 Å². The molecule has 22 heavy (non-hydrogen) atoms. The highest BCUT2D eigenvalue weighted by molar-refractivity contribution is 5.78. The van der Waals surface area contributed by atoms with Crippen LogP contribution < -0.4 is 0 Å². The third-order valence-corrected chi connectivity index (χ3v) is 3.98. The minimum atomic E-state index is -0.678. The second-order valence-corrected chi connectivity index (χ2v) is 5.86. The topological polar surface area (TPSA) is 50.2 Å². The molecule has 3 nitrogen and oxygen atoms in total. The first kappa shape index (κ1) is 16.5. The van der Waals surface area contributed by atoms with Gasteiger partial charge >= 0.3 is 5.97 Å². The number of rotatable bonds is 10. The van der Waals surface area contributed by atoms with Gasteiger partial charge in [-0.05, 0) is 31.4 Å². The maximum absolute atomic E-state index is 10.4. The van der Waals surface area contributed by atoms with Crippen molar-refractivity contribution in [2.24, 2.45) is 0 Å². The van der Waals surface area contributed by atoms with Crippen molar-refractivity contribution in [1.82, 2.24) is 4.98 Å². The standard InChI is InChI=1S/C19H25NO2/c21-19(22)13-7-5-3-1-2-4-6-11-17-15-14-16-10-8-9-12-18(16)20-17/h8-10,12,14-15H,1-7,11,13H2,(H,21,22). The number of aliphatic carboxylic acids is 1. The van der Waals surface area contributed by atoms with Gasteiger partial charge < -0.3 is 5.11 Å². The van der Waals surface area contributed by atoms with Crippen LogP contribution in [-0.2, 0) is 11.2 Å². The molecule has 0 saturated heterocycles. The molecule has 0 bridgehead atoms. The fourth-order valence-electron chi connectivity index (χ4n) is 2.71. The fraction of sp³-hybridized carbons (Fsp3) is 0.474. The predicted molar refractivity (Wildman–Crippen MR) is 90.0 cm³/mol. The first-order chi connectivity index (χ1) is 10.8. The van der Waals surface area contributed by atoms with E-state index in [1.807, 2.05) is 12.1 Å². The molecule has 0 atom stereocenters.